The summed E-state index contributed by atoms with van der Waals surface area (Å²) in [5.74, 6) is -0.451. The molecule has 1 N–H and O–H groups in total. The minimum atomic E-state index is -0.881. The lowest BCUT2D eigenvalue weighted by atomic mass is 9.85. The van der Waals surface area contributed by atoms with E-state index in [2.05, 4.69) is 13.8 Å². The largest absolute Gasteiger partial charge is 0.480 e. The molecule has 2 rings (SSSR count). The van der Waals surface area contributed by atoms with Gasteiger partial charge in [-0.05, 0) is 36.7 Å². The van der Waals surface area contributed by atoms with Gasteiger partial charge in [-0.15, -0.1) is 0 Å². The van der Waals surface area contributed by atoms with Crippen LogP contribution in [0.25, 0.3) is 0 Å². The summed E-state index contributed by atoms with van der Waals surface area (Å²) in [6, 6.07) is 9.37. The third-order valence-electron chi connectivity index (χ3n) is 4.54. The van der Waals surface area contributed by atoms with Crippen molar-refractivity contribution in [3.63, 3.8) is 0 Å². The van der Waals surface area contributed by atoms with E-state index in [4.69, 9.17) is 0 Å². The van der Waals surface area contributed by atoms with E-state index in [1.165, 1.54) is 0 Å². The number of carboxylic acids is 1. The molecule has 4 nitrogen and oxygen atoms in total. The normalized spacial score (nSPS) is 20.0. The molecule has 0 aliphatic carbocycles. The Morgan fingerprint density at radius 2 is 1.91 bits per heavy atom. The lowest BCUT2D eigenvalue weighted by Gasteiger charge is -2.34. The Balaban J connectivity index is 2.12. The minimum absolute atomic E-state index is 0.0327. The maximum atomic E-state index is 12.7. The molecular formula is C18H25NO3. The third-order valence-corrected chi connectivity index (χ3v) is 4.54. The number of aliphatic carboxylic acids is 1. The summed E-state index contributed by atoms with van der Waals surface area (Å²) < 4.78 is 0. The fourth-order valence-electron chi connectivity index (χ4n) is 3.23. The highest BCUT2D eigenvalue weighted by Crippen LogP contribution is 2.30. The van der Waals surface area contributed by atoms with Gasteiger partial charge in [0, 0.05) is 13.0 Å². The highest BCUT2D eigenvalue weighted by molar-refractivity contribution is 5.84. The van der Waals surface area contributed by atoms with E-state index < -0.39 is 12.0 Å². The third kappa shape index (κ3) is 3.87. The van der Waals surface area contributed by atoms with Crippen LogP contribution in [0.4, 0.5) is 0 Å². The van der Waals surface area contributed by atoms with Gasteiger partial charge >= 0.3 is 5.97 Å². The van der Waals surface area contributed by atoms with E-state index >= 15 is 0 Å². The Labute approximate surface area is 132 Å². The highest BCUT2D eigenvalue weighted by atomic mass is 16.4. The van der Waals surface area contributed by atoms with Crippen molar-refractivity contribution in [3.8, 4) is 0 Å². The number of carbonyl (C=O) groups excluding carboxylic acids is 1. The standard InChI is InChI=1S/C18H25NO3/c1-13(2)15(14-8-4-3-5-9-14)12-17(20)19-11-7-6-10-16(19)18(21)22/h3-5,8-9,13,15-16H,6-7,10-12H2,1-2H3,(H,21,22). The van der Waals surface area contributed by atoms with Crippen LogP contribution in [0.5, 0.6) is 0 Å². The number of nitrogens with zero attached hydrogens (tertiary/aromatic N) is 1. The monoisotopic (exact) mass is 303 g/mol. The first kappa shape index (κ1) is 16.5. The number of likely N-dealkylation sites (tertiary alicyclic amines) is 1. The molecule has 120 valence electrons. The minimum Gasteiger partial charge on any atom is -0.480 e. The molecule has 1 aromatic rings. The zero-order valence-electron chi connectivity index (χ0n) is 13.4. The second-order valence-electron chi connectivity index (χ2n) is 6.40. The van der Waals surface area contributed by atoms with Gasteiger partial charge in [-0.25, -0.2) is 4.79 Å². The molecule has 1 saturated heterocycles. The van der Waals surface area contributed by atoms with Gasteiger partial charge in [0.05, 0.1) is 0 Å². The van der Waals surface area contributed by atoms with Gasteiger partial charge in [0.15, 0.2) is 0 Å². The van der Waals surface area contributed by atoms with Crippen molar-refractivity contribution in [1.29, 1.82) is 0 Å². The molecule has 1 aliphatic heterocycles. The zero-order valence-corrected chi connectivity index (χ0v) is 13.4. The fourth-order valence-corrected chi connectivity index (χ4v) is 3.23. The molecule has 0 saturated carbocycles. The van der Waals surface area contributed by atoms with Crippen molar-refractivity contribution in [3.05, 3.63) is 35.9 Å². The van der Waals surface area contributed by atoms with Crippen LogP contribution in [0.2, 0.25) is 0 Å². The van der Waals surface area contributed by atoms with E-state index in [0.29, 0.717) is 25.3 Å². The van der Waals surface area contributed by atoms with Crippen molar-refractivity contribution in [2.45, 2.75) is 51.5 Å². The molecule has 2 unspecified atom stereocenters. The smallest absolute Gasteiger partial charge is 0.326 e. The Hall–Kier alpha value is -1.84. The molecule has 2 atom stereocenters. The molecule has 0 aromatic heterocycles. The van der Waals surface area contributed by atoms with Crippen LogP contribution < -0.4 is 0 Å². The first-order valence-electron chi connectivity index (χ1n) is 8.08. The van der Waals surface area contributed by atoms with E-state index in [0.717, 1.165) is 18.4 Å². The number of hydrogen-bond acceptors (Lipinski definition) is 2. The summed E-state index contributed by atoms with van der Waals surface area (Å²) >= 11 is 0. The maximum absolute atomic E-state index is 12.7. The van der Waals surface area contributed by atoms with Crippen LogP contribution in [0, 0.1) is 5.92 Å². The van der Waals surface area contributed by atoms with Gasteiger partial charge < -0.3 is 10.0 Å². The second-order valence-corrected chi connectivity index (χ2v) is 6.40. The lowest BCUT2D eigenvalue weighted by molar-refractivity contribution is -0.152. The van der Waals surface area contributed by atoms with Crippen LogP contribution in [-0.4, -0.2) is 34.5 Å². The molecule has 0 bridgehead atoms. The Bertz CT molecular complexity index is 512. The Morgan fingerprint density at radius 1 is 1.23 bits per heavy atom. The summed E-state index contributed by atoms with van der Waals surface area (Å²) in [6.07, 6.45) is 2.73. The average molecular weight is 303 g/mol. The molecule has 1 amide bonds. The lowest BCUT2D eigenvalue weighted by Crippen LogP contribution is -2.48. The number of rotatable bonds is 5. The SMILES string of the molecule is CC(C)C(CC(=O)N1CCCCC1C(=O)O)c1ccccc1. The van der Waals surface area contributed by atoms with Gasteiger partial charge in [-0.1, -0.05) is 44.2 Å². The van der Waals surface area contributed by atoms with Crippen molar-refractivity contribution in [2.75, 3.05) is 6.54 Å². The van der Waals surface area contributed by atoms with Crippen molar-refractivity contribution in [2.24, 2.45) is 5.92 Å². The van der Waals surface area contributed by atoms with Crippen molar-refractivity contribution in [1.82, 2.24) is 4.90 Å². The van der Waals surface area contributed by atoms with E-state index in [1.807, 2.05) is 30.3 Å². The number of piperidine rings is 1. The summed E-state index contributed by atoms with van der Waals surface area (Å²) in [6.45, 7) is 4.78. The van der Waals surface area contributed by atoms with Gasteiger partial charge in [0.1, 0.15) is 6.04 Å². The molecule has 4 heteroatoms. The molecule has 22 heavy (non-hydrogen) atoms. The molecule has 1 heterocycles. The van der Waals surface area contributed by atoms with E-state index in [1.54, 1.807) is 4.90 Å². The van der Waals surface area contributed by atoms with Gasteiger partial charge in [-0.3, -0.25) is 4.79 Å². The van der Waals surface area contributed by atoms with Crippen LogP contribution >= 0.6 is 0 Å². The summed E-state index contributed by atoms with van der Waals surface area (Å²) in [5.41, 5.74) is 1.15. The predicted molar refractivity (Wildman–Crippen MR) is 85.6 cm³/mol. The van der Waals surface area contributed by atoms with Gasteiger partial charge in [-0.2, -0.15) is 0 Å². The average Bonchev–Trinajstić information content (AvgIpc) is 2.52. The van der Waals surface area contributed by atoms with Crippen molar-refractivity contribution < 1.29 is 14.7 Å². The van der Waals surface area contributed by atoms with E-state index in [-0.39, 0.29) is 11.8 Å². The topological polar surface area (TPSA) is 57.6 Å². The molecule has 0 spiro atoms. The Morgan fingerprint density at radius 3 is 2.50 bits per heavy atom. The number of hydrogen-bond donors (Lipinski definition) is 1. The second kappa shape index (κ2) is 7.43. The quantitative estimate of drug-likeness (QED) is 0.908. The first-order valence-corrected chi connectivity index (χ1v) is 8.08. The van der Waals surface area contributed by atoms with Gasteiger partial charge in [0.2, 0.25) is 5.91 Å². The van der Waals surface area contributed by atoms with Crippen LogP contribution in [-0.2, 0) is 9.59 Å². The maximum Gasteiger partial charge on any atom is 0.326 e. The summed E-state index contributed by atoms with van der Waals surface area (Å²) in [5, 5.41) is 9.32. The zero-order chi connectivity index (χ0) is 16.1. The van der Waals surface area contributed by atoms with Crippen LogP contribution in [0.15, 0.2) is 30.3 Å². The Kier molecular flexibility index (Phi) is 5.58. The first-order chi connectivity index (χ1) is 10.5. The number of amides is 1. The molecular weight excluding hydrogens is 278 g/mol. The molecule has 1 aliphatic rings. The fraction of sp³-hybridized carbons (Fsp3) is 0.556. The summed E-state index contributed by atoms with van der Waals surface area (Å²) in [4.78, 5) is 25.6. The predicted octanol–water partition coefficient (Wildman–Crippen LogP) is 3.28. The van der Waals surface area contributed by atoms with E-state index in [9.17, 15) is 14.7 Å². The van der Waals surface area contributed by atoms with Crippen LogP contribution in [0.1, 0.15) is 51.0 Å². The highest BCUT2D eigenvalue weighted by Gasteiger charge is 2.33. The number of carboxylic acid groups (broad SMARTS) is 1. The number of carbonyl (C=O) groups is 2. The summed E-state index contributed by atoms with van der Waals surface area (Å²) in [7, 11) is 0. The van der Waals surface area contributed by atoms with Gasteiger partial charge in [0.25, 0.3) is 0 Å². The molecule has 0 radical (unpaired) electrons. The van der Waals surface area contributed by atoms with Crippen molar-refractivity contribution >= 4 is 11.9 Å². The number of benzene rings is 1. The molecule has 1 fully saturated rings. The molecule has 1 aromatic carbocycles. The van der Waals surface area contributed by atoms with Crippen LogP contribution in [0.3, 0.4) is 0 Å².